The van der Waals surface area contributed by atoms with Crippen LogP contribution in [-0.2, 0) is 14.6 Å². The predicted molar refractivity (Wildman–Crippen MR) is 76.8 cm³/mol. The molecule has 120 valence electrons. The quantitative estimate of drug-likeness (QED) is 0.783. The summed E-state index contributed by atoms with van der Waals surface area (Å²) in [6.45, 7) is 1.20. The van der Waals surface area contributed by atoms with E-state index in [0.29, 0.717) is 25.9 Å². The zero-order chi connectivity index (χ0) is 15.5. The Kier molecular flexibility index (Phi) is 5.08. The number of carbonyl (C=O) groups is 2. The number of hydrogen-bond donors (Lipinski definition) is 2. The summed E-state index contributed by atoms with van der Waals surface area (Å²) >= 11 is 0. The first-order chi connectivity index (χ1) is 9.85. The van der Waals surface area contributed by atoms with Gasteiger partial charge in [-0.2, -0.15) is 0 Å². The molecule has 7 nitrogen and oxygen atoms in total. The molecule has 0 aliphatic carbocycles. The zero-order valence-corrected chi connectivity index (χ0v) is 12.8. The first-order valence-electron chi connectivity index (χ1n) is 7.33. The molecule has 2 rings (SSSR count). The van der Waals surface area contributed by atoms with E-state index in [9.17, 15) is 18.0 Å². The molecule has 2 aliphatic rings. The summed E-state index contributed by atoms with van der Waals surface area (Å²) in [6, 6.07) is -0.515. The molecule has 8 heteroatoms. The van der Waals surface area contributed by atoms with E-state index < -0.39 is 15.8 Å². The smallest absolute Gasteiger partial charge is 0.317 e. The molecule has 2 saturated heterocycles. The van der Waals surface area contributed by atoms with Crippen LogP contribution in [0.25, 0.3) is 0 Å². The number of nitrogens with one attached hydrogen (secondary N) is 1. The number of carbonyl (C=O) groups excluding carboxylic acids is 1. The molecule has 2 N–H and O–H groups in total. The Labute approximate surface area is 124 Å². The average Bonchev–Trinajstić information content (AvgIpc) is 2.76. The van der Waals surface area contributed by atoms with Crippen molar-refractivity contribution in [3.8, 4) is 0 Å². The molecule has 0 aromatic rings. The van der Waals surface area contributed by atoms with E-state index in [0.717, 1.165) is 12.8 Å². The molecule has 0 saturated carbocycles. The summed E-state index contributed by atoms with van der Waals surface area (Å²) in [5.74, 6) is -0.436. The third-order valence-corrected chi connectivity index (χ3v) is 5.90. The van der Waals surface area contributed by atoms with Gasteiger partial charge in [0.25, 0.3) is 0 Å². The molecule has 2 heterocycles. The fraction of sp³-hybridized carbons (Fsp3) is 0.846. The summed E-state index contributed by atoms with van der Waals surface area (Å²) in [5, 5.41) is 11.5. The minimum absolute atomic E-state index is 0.0228. The highest BCUT2D eigenvalue weighted by atomic mass is 32.2. The van der Waals surface area contributed by atoms with Gasteiger partial charge in [-0.15, -0.1) is 0 Å². The van der Waals surface area contributed by atoms with Gasteiger partial charge in [0, 0.05) is 25.6 Å². The third kappa shape index (κ3) is 4.87. The van der Waals surface area contributed by atoms with Gasteiger partial charge in [-0.3, -0.25) is 4.79 Å². The summed E-state index contributed by atoms with van der Waals surface area (Å²) in [6.07, 6.45) is 2.98. The minimum Gasteiger partial charge on any atom is -0.481 e. The second-order valence-corrected chi connectivity index (χ2v) is 8.16. The average molecular weight is 318 g/mol. The summed E-state index contributed by atoms with van der Waals surface area (Å²) in [7, 11) is -3.00. The number of likely N-dealkylation sites (tertiary alicyclic amines) is 1. The molecule has 0 radical (unpaired) electrons. The van der Waals surface area contributed by atoms with Crippen molar-refractivity contribution in [3.63, 3.8) is 0 Å². The Morgan fingerprint density at radius 3 is 2.67 bits per heavy atom. The van der Waals surface area contributed by atoms with Gasteiger partial charge in [0.05, 0.1) is 11.5 Å². The van der Waals surface area contributed by atoms with Crippen LogP contribution in [-0.4, -0.2) is 61.1 Å². The molecule has 2 amide bonds. The van der Waals surface area contributed by atoms with Crippen molar-refractivity contribution in [2.45, 2.75) is 38.1 Å². The number of carboxylic acids is 1. The maximum absolute atomic E-state index is 12.2. The Morgan fingerprint density at radius 1 is 1.29 bits per heavy atom. The van der Waals surface area contributed by atoms with Gasteiger partial charge in [-0.25, -0.2) is 13.2 Å². The van der Waals surface area contributed by atoms with E-state index in [1.807, 2.05) is 0 Å². The third-order valence-electron chi connectivity index (χ3n) is 4.13. The largest absolute Gasteiger partial charge is 0.481 e. The van der Waals surface area contributed by atoms with Crippen molar-refractivity contribution in [1.82, 2.24) is 10.2 Å². The van der Waals surface area contributed by atoms with Crippen molar-refractivity contribution < 1.29 is 23.1 Å². The maximum atomic E-state index is 12.2. The molecular formula is C13H22N2O5S. The Balaban J connectivity index is 1.80. The molecule has 0 aromatic carbocycles. The first-order valence-corrected chi connectivity index (χ1v) is 9.15. The number of hydrogen-bond acceptors (Lipinski definition) is 4. The van der Waals surface area contributed by atoms with Crippen molar-refractivity contribution >= 4 is 21.8 Å². The van der Waals surface area contributed by atoms with E-state index in [1.165, 1.54) is 0 Å². The number of amides is 2. The van der Waals surface area contributed by atoms with Gasteiger partial charge >= 0.3 is 12.0 Å². The Hall–Kier alpha value is -1.31. The Morgan fingerprint density at radius 2 is 2.05 bits per heavy atom. The normalized spacial score (nSPS) is 28.3. The van der Waals surface area contributed by atoms with E-state index in [4.69, 9.17) is 5.11 Å². The number of nitrogens with zero attached hydrogens (tertiary/aromatic N) is 1. The second-order valence-electron chi connectivity index (χ2n) is 5.94. The lowest BCUT2D eigenvalue weighted by molar-refractivity contribution is -0.137. The number of aliphatic carboxylic acids is 1. The van der Waals surface area contributed by atoms with Crippen molar-refractivity contribution in [2.75, 3.05) is 24.6 Å². The van der Waals surface area contributed by atoms with Crippen LogP contribution in [0.4, 0.5) is 4.79 Å². The molecule has 2 aliphatic heterocycles. The number of rotatable bonds is 4. The maximum Gasteiger partial charge on any atom is 0.317 e. The number of urea groups is 1. The van der Waals surface area contributed by atoms with Crippen molar-refractivity contribution in [1.29, 1.82) is 0 Å². The van der Waals surface area contributed by atoms with Gasteiger partial charge in [0.1, 0.15) is 0 Å². The molecule has 2 fully saturated rings. The summed E-state index contributed by atoms with van der Waals surface area (Å²) in [5.41, 5.74) is 0. The molecule has 2 atom stereocenters. The van der Waals surface area contributed by atoms with E-state index >= 15 is 0 Å². The van der Waals surface area contributed by atoms with Crippen molar-refractivity contribution in [3.05, 3.63) is 0 Å². The highest BCUT2D eigenvalue weighted by molar-refractivity contribution is 7.91. The lowest BCUT2D eigenvalue weighted by Gasteiger charge is -2.33. The lowest BCUT2D eigenvalue weighted by Crippen LogP contribution is -2.49. The number of carboxylic acid groups (broad SMARTS) is 1. The van der Waals surface area contributed by atoms with E-state index in [2.05, 4.69) is 5.32 Å². The highest BCUT2D eigenvalue weighted by Gasteiger charge is 2.31. The van der Waals surface area contributed by atoms with Crippen LogP contribution in [0.1, 0.15) is 32.1 Å². The van der Waals surface area contributed by atoms with E-state index in [1.54, 1.807) is 4.90 Å². The summed E-state index contributed by atoms with van der Waals surface area (Å²) in [4.78, 5) is 24.4. The zero-order valence-electron chi connectivity index (χ0n) is 12.0. The molecule has 0 spiro atoms. The van der Waals surface area contributed by atoms with Crippen molar-refractivity contribution in [2.24, 2.45) is 5.92 Å². The topological polar surface area (TPSA) is 104 Å². The van der Waals surface area contributed by atoms with Gasteiger partial charge in [0.15, 0.2) is 9.84 Å². The highest BCUT2D eigenvalue weighted by Crippen LogP contribution is 2.21. The minimum atomic E-state index is -3.00. The van der Waals surface area contributed by atoms with Crippen LogP contribution in [0.5, 0.6) is 0 Å². The summed E-state index contributed by atoms with van der Waals surface area (Å²) < 4.78 is 22.8. The lowest BCUT2D eigenvalue weighted by atomic mass is 9.93. The van der Waals surface area contributed by atoms with Gasteiger partial charge in [-0.05, 0) is 31.6 Å². The number of piperidine rings is 1. The van der Waals surface area contributed by atoms with Crippen LogP contribution in [0.2, 0.25) is 0 Å². The molecule has 0 aromatic heterocycles. The van der Waals surface area contributed by atoms with Crippen LogP contribution in [0.15, 0.2) is 0 Å². The fourth-order valence-corrected chi connectivity index (χ4v) is 4.66. The first kappa shape index (κ1) is 16.1. The standard InChI is InChI=1S/C13H22N2O5S/c16-12(17)4-3-10-2-1-6-15(8-10)13(18)14-11-5-7-21(19,20)9-11/h10-11H,1-9H2,(H,14,18)(H,16,17). The van der Waals surface area contributed by atoms with Crippen LogP contribution in [0, 0.1) is 5.92 Å². The van der Waals surface area contributed by atoms with Gasteiger partial charge < -0.3 is 15.3 Å². The van der Waals surface area contributed by atoms with Gasteiger partial charge in [-0.1, -0.05) is 0 Å². The van der Waals surface area contributed by atoms with Crippen LogP contribution >= 0.6 is 0 Å². The molecule has 0 bridgehead atoms. The van der Waals surface area contributed by atoms with Crippen LogP contribution in [0.3, 0.4) is 0 Å². The fourth-order valence-electron chi connectivity index (χ4n) is 2.99. The second kappa shape index (κ2) is 6.64. The Bertz CT molecular complexity index is 505. The molecule has 2 unspecified atom stereocenters. The monoisotopic (exact) mass is 318 g/mol. The van der Waals surface area contributed by atoms with Crippen LogP contribution < -0.4 is 5.32 Å². The predicted octanol–water partition coefficient (Wildman–Crippen LogP) is 0.460. The molecular weight excluding hydrogens is 296 g/mol. The van der Waals surface area contributed by atoms with Gasteiger partial charge in [0.2, 0.25) is 0 Å². The number of sulfone groups is 1. The SMILES string of the molecule is O=C(O)CCC1CCCN(C(=O)NC2CCS(=O)(=O)C2)C1. The molecule has 21 heavy (non-hydrogen) atoms. The van der Waals surface area contributed by atoms with E-state index in [-0.39, 0.29) is 35.9 Å².